The molecule has 1 fully saturated rings. The van der Waals surface area contributed by atoms with Crippen LogP contribution >= 0.6 is 11.3 Å². The second-order valence-corrected chi connectivity index (χ2v) is 13.6. The molecule has 3 heterocycles. The van der Waals surface area contributed by atoms with Gasteiger partial charge in [-0.1, -0.05) is 88.4 Å². The summed E-state index contributed by atoms with van der Waals surface area (Å²) in [7, 11) is 0. The minimum absolute atomic E-state index is 0.0836. The van der Waals surface area contributed by atoms with Gasteiger partial charge in [-0.3, -0.25) is 9.59 Å². The van der Waals surface area contributed by atoms with Crippen LogP contribution in [0.5, 0.6) is 0 Å². The molecule has 0 aliphatic carbocycles. The van der Waals surface area contributed by atoms with Crippen molar-refractivity contribution in [1.82, 2.24) is 20.2 Å². The Bertz CT molecular complexity index is 1630. The Morgan fingerprint density at radius 1 is 0.933 bits per heavy atom. The van der Waals surface area contributed by atoms with E-state index in [2.05, 4.69) is 67.2 Å². The van der Waals surface area contributed by atoms with Crippen LogP contribution in [0.15, 0.2) is 73.1 Å². The molecule has 0 bridgehead atoms. The number of aliphatic hydroxyl groups excluding tert-OH is 1. The van der Waals surface area contributed by atoms with Gasteiger partial charge in [-0.15, -0.1) is 11.3 Å². The van der Waals surface area contributed by atoms with Crippen molar-refractivity contribution in [3.8, 4) is 11.4 Å². The van der Waals surface area contributed by atoms with Crippen molar-refractivity contribution in [2.24, 2.45) is 5.92 Å². The van der Waals surface area contributed by atoms with Crippen molar-refractivity contribution < 1.29 is 19.8 Å². The molecule has 2 amide bonds. The SMILES string of the molecule is CCc1ccc(/C=C/c2cnc(-c3ccc(C[C@H](NC(=O)c4ccc(C(C)(C)C)s4)C(=O)N4CC(C(O)O)C4)cc3)nc2)cc1. The highest BCUT2D eigenvalue weighted by molar-refractivity contribution is 7.14. The maximum atomic E-state index is 13.4. The number of aryl methyl sites for hydroxylation is 1. The first-order valence-corrected chi connectivity index (χ1v) is 16.1. The van der Waals surface area contributed by atoms with E-state index in [1.165, 1.54) is 16.9 Å². The summed E-state index contributed by atoms with van der Waals surface area (Å²) in [5.74, 6) is -0.339. The Morgan fingerprint density at radius 2 is 1.56 bits per heavy atom. The maximum Gasteiger partial charge on any atom is 0.262 e. The fraction of sp³-hybridized carbons (Fsp3) is 0.333. The van der Waals surface area contributed by atoms with Crippen LogP contribution in [0.4, 0.5) is 0 Å². The van der Waals surface area contributed by atoms with E-state index < -0.39 is 12.3 Å². The molecule has 1 saturated heterocycles. The van der Waals surface area contributed by atoms with Gasteiger partial charge in [-0.2, -0.15) is 0 Å². The summed E-state index contributed by atoms with van der Waals surface area (Å²) in [4.78, 5) is 39.0. The molecule has 45 heavy (non-hydrogen) atoms. The highest BCUT2D eigenvalue weighted by atomic mass is 32.1. The van der Waals surface area contributed by atoms with Crippen LogP contribution in [-0.2, 0) is 23.1 Å². The van der Waals surface area contributed by atoms with Gasteiger partial charge in [0.1, 0.15) is 6.04 Å². The number of carbonyl (C=O) groups is 2. The lowest BCUT2D eigenvalue weighted by molar-refractivity contribution is -0.157. The Kier molecular flexibility index (Phi) is 9.92. The lowest BCUT2D eigenvalue weighted by Crippen LogP contribution is -2.59. The molecular weight excluding hydrogens is 584 g/mol. The smallest absolute Gasteiger partial charge is 0.262 e. The van der Waals surface area contributed by atoms with Crippen molar-refractivity contribution in [1.29, 1.82) is 0 Å². The van der Waals surface area contributed by atoms with Gasteiger partial charge in [0.25, 0.3) is 5.91 Å². The van der Waals surface area contributed by atoms with Crippen LogP contribution in [0, 0.1) is 5.92 Å². The number of aromatic nitrogens is 2. The number of hydrogen-bond donors (Lipinski definition) is 3. The monoisotopic (exact) mass is 624 g/mol. The molecule has 5 rings (SSSR count). The molecule has 0 radical (unpaired) electrons. The average Bonchev–Trinajstić information content (AvgIpc) is 3.51. The Labute approximate surface area is 268 Å². The molecule has 0 saturated carbocycles. The molecule has 3 N–H and O–H groups in total. The van der Waals surface area contributed by atoms with Gasteiger partial charge >= 0.3 is 0 Å². The first-order chi connectivity index (χ1) is 21.5. The number of amides is 2. The van der Waals surface area contributed by atoms with E-state index in [4.69, 9.17) is 0 Å². The van der Waals surface area contributed by atoms with E-state index in [9.17, 15) is 19.8 Å². The summed E-state index contributed by atoms with van der Waals surface area (Å²) >= 11 is 1.42. The van der Waals surface area contributed by atoms with Crippen molar-refractivity contribution in [3.05, 3.63) is 105 Å². The van der Waals surface area contributed by atoms with Gasteiger partial charge in [0.05, 0.1) is 4.88 Å². The van der Waals surface area contributed by atoms with Crippen LogP contribution in [0.1, 0.15) is 64.5 Å². The topological polar surface area (TPSA) is 116 Å². The zero-order valence-electron chi connectivity index (χ0n) is 26.1. The predicted octanol–water partition coefficient (Wildman–Crippen LogP) is 5.35. The Morgan fingerprint density at radius 3 is 2.13 bits per heavy atom. The van der Waals surface area contributed by atoms with Crippen LogP contribution < -0.4 is 5.32 Å². The van der Waals surface area contributed by atoms with Gasteiger partial charge in [-0.05, 0) is 40.7 Å². The van der Waals surface area contributed by atoms with E-state index in [1.807, 2.05) is 42.5 Å². The second-order valence-electron chi connectivity index (χ2n) is 12.5. The van der Waals surface area contributed by atoms with Gasteiger partial charge < -0.3 is 20.4 Å². The van der Waals surface area contributed by atoms with Gasteiger partial charge in [0, 0.05) is 53.8 Å². The fourth-order valence-corrected chi connectivity index (χ4v) is 6.02. The van der Waals surface area contributed by atoms with Gasteiger partial charge in [-0.25, -0.2) is 9.97 Å². The number of benzene rings is 2. The lowest BCUT2D eigenvalue weighted by atomic mass is 9.95. The molecule has 9 heteroatoms. The average molecular weight is 625 g/mol. The molecule has 234 valence electrons. The summed E-state index contributed by atoms with van der Waals surface area (Å²) < 4.78 is 0. The third kappa shape index (κ3) is 8.11. The van der Waals surface area contributed by atoms with Gasteiger partial charge in [0.15, 0.2) is 12.1 Å². The summed E-state index contributed by atoms with van der Waals surface area (Å²) in [6.45, 7) is 8.90. The van der Waals surface area contributed by atoms with E-state index in [0.717, 1.165) is 33.6 Å². The number of hydrogen-bond acceptors (Lipinski definition) is 7. The first kappa shape index (κ1) is 32.2. The predicted molar refractivity (Wildman–Crippen MR) is 178 cm³/mol. The number of likely N-dealkylation sites (tertiary alicyclic amines) is 1. The molecule has 8 nitrogen and oxygen atoms in total. The van der Waals surface area contributed by atoms with Crippen molar-refractivity contribution in [2.45, 2.75) is 58.3 Å². The molecule has 1 aliphatic rings. The summed E-state index contributed by atoms with van der Waals surface area (Å²) in [6, 6.07) is 19.1. The highest BCUT2D eigenvalue weighted by Crippen LogP contribution is 2.30. The van der Waals surface area contributed by atoms with E-state index in [1.54, 1.807) is 23.4 Å². The molecule has 1 atom stereocenters. The quantitative estimate of drug-likeness (QED) is 0.205. The highest BCUT2D eigenvalue weighted by Gasteiger charge is 2.38. The summed E-state index contributed by atoms with van der Waals surface area (Å²) in [6.07, 6.45) is 7.43. The number of thiophene rings is 1. The van der Waals surface area contributed by atoms with Crippen LogP contribution in [-0.4, -0.2) is 62.3 Å². The number of nitrogens with zero attached hydrogens (tertiary/aromatic N) is 3. The molecular formula is C36H40N4O4S. The van der Waals surface area contributed by atoms with Crippen LogP contribution in [0.2, 0.25) is 0 Å². The minimum atomic E-state index is -1.47. The van der Waals surface area contributed by atoms with Gasteiger partial charge in [0.2, 0.25) is 5.91 Å². The lowest BCUT2D eigenvalue weighted by Gasteiger charge is -2.41. The Hall–Kier alpha value is -4.18. The van der Waals surface area contributed by atoms with Crippen molar-refractivity contribution in [2.75, 3.05) is 13.1 Å². The van der Waals surface area contributed by atoms with Crippen molar-refractivity contribution >= 4 is 35.3 Å². The van der Waals surface area contributed by atoms with Crippen molar-refractivity contribution in [3.63, 3.8) is 0 Å². The standard InChI is InChI=1S/C36H40N4O4S/c1-5-23-6-8-24(9-7-23)10-11-26-19-37-32(38-20-26)27-14-12-25(13-15-27)18-29(34(42)40-21-28(22-40)35(43)44)39-33(41)30-16-17-31(45-30)36(2,3)4/h6-17,19-20,28-29,35,43-44H,5,18,21-22H2,1-4H3,(H,39,41)/b11-10+/t29-/m0/s1. The third-order valence-corrected chi connectivity index (χ3v) is 9.51. The molecule has 2 aromatic carbocycles. The molecule has 2 aromatic heterocycles. The third-order valence-electron chi connectivity index (χ3n) is 8.00. The fourth-order valence-electron chi connectivity index (χ4n) is 5.05. The molecule has 0 spiro atoms. The molecule has 0 unspecified atom stereocenters. The number of nitrogens with one attached hydrogen (secondary N) is 1. The van der Waals surface area contributed by atoms with E-state index in [0.29, 0.717) is 10.7 Å². The summed E-state index contributed by atoms with van der Waals surface area (Å²) in [5.41, 5.74) is 4.94. The normalized spacial score (nSPS) is 14.5. The summed E-state index contributed by atoms with van der Waals surface area (Å²) in [5, 5.41) is 21.9. The Balaban J connectivity index is 1.26. The van der Waals surface area contributed by atoms with E-state index in [-0.39, 0.29) is 42.7 Å². The molecule has 4 aromatic rings. The first-order valence-electron chi connectivity index (χ1n) is 15.2. The number of carbonyl (C=O) groups excluding carboxylic acids is 2. The maximum absolute atomic E-state index is 13.4. The zero-order valence-corrected chi connectivity index (χ0v) is 26.9. The largest absolute Gasteiger partial charge is 0.368 e. The van der Waals surface area contributed by atoms with Crippen LogP contribution in [0.3, 0.4) is 0 Å². The minimum Gasteiger partial charge on any atom is -0.368 e. The second kappa shape index (κ2) is 13.9. The molecule has 1 aliphatic heterocycles. The zero-order chi connectivity index (χ0) is 32.1. The van der Waals surface area contributed by atoms with Crippen LogP contribution in [0.25, 0.3) is 23.5 Å². The number of rotatable bonds is 10. The van der Waals surface area contributed by atoms with E-state index >= 15 is 0 Å². The number of aliphatic hydroxyl groups is 2.